The van der Waals surface area contributed by atoms with Crippen LogP contribution in [0.1, 0.15) is 54.4 Å². The zero-order valence-corrected chi connectivity index (χ0v) is 12.4. The fourth-order valence-corrected chi connectivity index (χ4v) is 1.80. The van der Waals surface area contributed by atoms with Gasteiger partial charge in [-0.1, -0.05) is 53.7 Å². The Kier molecular flexibility index (Phi) is 6.32. The minimum atomic E-state index is 0.331. The van der Waals surface area contributed by atoms with Gasteiger partial charge >= 0.3 is 0 Å². The van der Waals surface area contributed by atoms with Crippen LogP contribution in [0, 0.1) is 10.8 Å². The maximum absolute atomic E-state index is 2.44. The molecule has 0 unspecified atom stereocenters. The maximum Gasteiger partial charge on any atom is 0.00270 e. The minimum absolute atomic E-state index is 0.331. The quantitative estimate of drug-likeness (QED) is 0.497. The summed E-state index contributed by atoms with van der Waals surface area (Å²) in [5.41, 5.74) is 0.743. The first-order chi connectivity index (χ1) is 7.10. The molecule has 0 aliphatic heterocycles. The van der Waals surface area contributed by atoms with Crippen LogP contribution in [-0.2, 0) is 0 Å². The van der Waals surface area contributed by atoms with E-state index in [9.17, 15) is 0 Å². The van der Waals surface area contributed by atoms with E-state index in [1.807, 2.05) is 0 Å². The Morgan fingerprint density at radius 2 is 1.56 bits per heavy atom. The number of nitrogens with zero attached hydrogens (tertiary/aromatic N) is 1. The maximum atomic E-state index is 2.44. The molecule has 0 aromatic heterocycles. The lowest BCUT2D eigenvalue weighted by molar-refractivity contribution is 0.225. The smallest absolute Gasteiger partial charge is 0.00270 e. The molecular formula is C15H31N. The van der Waals surface area contributed by atoms with Gasteiger partial charge < -0.3 is 4.90 Å². The molecule has 0 saturated heterocycles. The molecule has 0 aromatic rings. The Labute approximate surface area is 103 Å². The van der Waals surface area contributed by atoms with E-state index in [2.05, 4.69) is 65.6 Å². The first kappa shape index (κ1) is 15.7. The SMILES string of the molecule is CN(CCC/C=C\C(C)(C)C)CC(C)(C)C. The van der Waals surface area contributed by atoms with Crippen LogP contribution in [0.3, 0.4) is 0 Å². The molecule has 0 rings (SSSR count). The molecule has 0 radical (unpaired) electrons. The number of hydrogen-bond donors (Lipinski definition) is 0. The summed E-state index contributed by atoms with van der Waals surface area (Å²) in [6, 6.07) is 0. The Morgan fingerprint density at radius 3 is 2.00 bits per heavy atom. The van der Waals surface area contributed by atoms with Crippen molar-refractivity contribution >= 4 is 0 Å². The average molecular weight is 225 g/mol. The largest absolute Gasteiger partial charge is 0.306 e. The number of unbranched alkanes of at least 4 members (excludes halogenated alkanes) is 1. The van der Waals surface area contributed by atoms with Gasteiger partial charge in [0.1, 0.15) is 0 Å². The zero-order valence-electron chi connectivity index (χ0n) is 12.4. The van der Waals surface area contributed by atoms with Crippen molar-refractivity contribution < 1.29 is 0 Å². The minimum Gasteiger partial charge on any atom is -0.306 e. The van der Waals surface area contributed by atoms with Crippen LogP contribution in [0.4, 0.5) is 0 Å². The van der Waals surface area contributed by atoms with Crippen LogP contribution in [0.25, 0.3) is 0 Å². The van der Waals surface area contributed by atoms with Gasteiger partial charge in [-0.25, -0.2) is 0 Å². The first-order valence-corrected chi connectivity index (χ1v) is 6.46. The van der Waals surface area contributed by atoms with Gasteiger partial charge in [0.2, 0.25) is 0 Å². The Morgan fingerprint density at radius 1 is 1.00 bits per heavy atom. The molecule has 96 valence electrons. The van der Waals surface area contributed by atoms with Gasteiger partial charge in [0.25, 0.3) is 0 Å². The van der Waals surface area contributed by atoms with Crippen LogP contribution in [0.15, 0.2) is 12.2 Å². The summed E-state index contributed by atoms with van der Waals surface area (Å²) in [4.78, 5) is 2.44. The van der Waals surface area contributed by atoms with E-state index in [1.165, 1.54) is 25.9 Å². The van der Waals surface area contributed by atoms with Crippen LogP contribution < -0.4 is 0 Å². The van der Waals surface area contributed by atoms with E-state index >= 15 is 0 Å². The monoisotopic (exact) mass is 225 g/mol. The Hall–Kier alpha value is -0.300. The summed E-state index contributed by atoms with van der Waals surface area (Å²) in [6.07, 6.45) is 7.10. The highest BCUT2D eigenvalue weighted by molar-refractivity contribution is 4.91. The van der Waals surface area contributed by atoms with Crippen LogP contribution in [0.2, 0.25) is 0 Å². The van der Waals surface area contributed by atoms with Gasteiger partial charge in [0.15, 0.2) is 0 Å². The summed E-state index contributed by atoms with van der Waals surface area (Å²) < 4.78 is 0. The molecule has 0 heterocycles. The standard InChI is InChI=1S/C15H31N/c1-14(2,3)11-9-8-10-12-16(7)13-15(4,5)6/h9,11H,8,10,12-13H2,1-7H3/b11-9-. The molecular weight excluding hydrogens is 194 g/mol. The van der Waals surface area contributed by atoms with Gasteiger partial charge in [0, 0.05) is 6.54 Å². The van der Waals surface area contributed by atoms with Crippen LogP contribution in [-0.4, -0.2) is 25.0 Å². The molecule has 1 nitrogen and oxygen atoms in total. The van der Waals surface area contributed by atoms with Crippen molar-refractivity contribution in [3.63, 3.8) is 0 Å². The third-order valence-electron chi connectivity index (χ3n) is 2.27. The third-order valence-corrected chi connectivity index (χ3v) is 2.27. The summed E-state index contributed by atoms with van der Waals surface area (Å²) >= 11 is 0. The molecule has 0 aromatic carbocycles. The van der Waals surface area contributed by atoms with Crippen molar-refractivity contribution in [2.75, 3.05) is 20.1 Å². The number of allylic oxidation sites excluding steroid dienone is 2. The highest BCUT2D eigenvalue weighted by Crippen LogP contribution is 2.16. The summed E-state index contributed by atoms with van der Waals surface area (Å²) in [5.74, 6) is 0. The molecule has 0 atom stereocenters. The van der Waals surface area contributed by atoms with E-state index in [1.54, 1.807) is 0 Å². The lowest BCUT2D eigenvalue weighted by atomic mass is 9.95. The molecule has 0 bridgehead atoms. The normalized spacial score (nSPS) is 14.0. The molecule has 0 N–H and O–H groups in total. The predicted octanol–water partition coefficient (Wildman–Crippen LogP) is 4.35. The second-order valence-corrected chi connectivity index (χ2v) is 7.21. The molecule has 0 spiro atoms. The fraction of sp³-hybridized carbons (Fsp3) is 0.867. The second kappa shape index (κ2) is 6.44. The van der Waals surface area contributed by atoms with Crippen molar-refractivity contribution in [1.82, 2.24) is 4.90 Å². The third kappa shape index (κ3) is 11.8. The Balaban J connectivity index is 3.64. The van der Waals surface area contributed by atoms with Gasteiger partial charge in [-0.3, -0.25) is 0 Å². The van der Waals surface area contributed by atoms with Crippen molar-refractivity contribution in [3.8, 4) is 0 Å². The lowest BCUT2D eigenvalue weighted by Crippen LogP contribution is -2.29. The zero-order chi connectivity index (χ0) is 12.8. The van der Waals surface area contributed by atoms with Crippen molar-refractivity contribution in [2.24, 2.45) is 10.8 Å². The molecule has 0 fully saturated rings. The van der Waals surface area contributed by atoms with Crippen molar-refractivity contribution in [3.05, 3.63) is 12.2 Å². The molecule has 0 saturated carbocycles. The van der Waals surface area contributed by atoms with Crippen molar-refractivity contribution in [2.45, 2.75) is 54.4 Å². The van der Waals surface area contributed by atoms with Gasteiger partial charge in [-0.15, -0.1) is 0 Å². The van der Waals surface area contributed by atoms with Crippen LogP contribution >= 0.6 is 0 Å². The number of rotatable bonds is 5. The van der Waals surface area contributed by atoms with Gasteiger partial charge in [-0.2, -0.15) is 0 Å². The van der Waals surface area contributed by atoms with E-state index < -0.39 is 0 Å². The number of hydrogen-bond acceptors (Lipinski definition) is 1. The first-order valence-electron chi connectivity index (χ1n) is 6.46. The highest BCUT2D eigenvalue weighted by atomic mass is 15.1. The van der Waals surface area contributed by atoms with Crippen LogP contribution in [0.5, 0.6) is 0 Å². The lowest BCUT2D eigenvalue weighted by Gasteiger charge is -2.26. The van der Waals surface area contributed by atoms with Crippen molar-refractivity contribution in [1.29, 1.82) is 0 Å². The van der Waals surface area contributed by atoms with E-state index in [0.29, 0.717) is 10.8 Å². The summed E-state index contributed by atoms with van der Waals surface area (Å²) in [5, 5.41) is 0. The van der Waals surface area contributed by atoms with Gasteiger partial charge in [-0.05, 0) is 37.3 Å². The Bertz CT molecular complexity index is 202. The van der Waals surface area contributed by atoms with Gasteiger partial charge in [0.05, 0.1) is 0 Å². The highest BCUT2D eigenvalue weighted by Gasteiger charge is 2.12. The molecule has 16 heavy (non-hydrogen) atoms. The average Bonchev–Trinajstić information content (AvgIpc) is 1.97. The molecule has 1 heteroatoms. The fourth-order valence-electron chi connectivity index (χ4n) is 1.80. The summed E-state index contributed by atoms with van der Waals surface area (Å²) in [6.45, 7) is 16.0. The molecule has 0 aliphatic rings. The second-order valence-electron chi connectivity index (χ2n) is 7.21. The molecule has 0 amide bonds. The predicted molar refractivity (Wildman–Crippen MR) is 74.8 cm³/mol. The van der Waals surface area contributed by atoms with E-state index in [-0.39, 0.29) is 0 Å². The summed E-state index contributed by atoms with van der Waals surface area (Å²) in [7, 11) is 2.22. The topological polar surface area (TPSA) is 3.24 Å². The van der Waals surface area contributed by atoms with E-state index in [4.69, 9.17) is 0 Å². The molecule has 0 aliphatic carbocycles. The van der Waals surface area contributed by atoms with E-state index in [0.717, 1.165) is 0 Å².